The number of carbonyl (C=O) groups is 2. The molecule has 2 heterocycles. The SMILES string of the molecule is Cc1ccc(C(=O)N/N=C/c2ccc(OC(=O)c3ccco3)c([N+](=O)[O-])c2)cn1. The maximum Gasteiger partial charge on any atom is 0.379 e. The molecule has 0 fully saturated rings. The first-order valence-corrected chi connectivity index (χ1v) is 8.24. The molecule has 0 saturated carbocycles. The largest absolute Gasteiger partial charge is 0.457 e. The number of pyridine rings is 1. The van der Waals surface area contributed by atoms with Crippen LogP contribution in [0.15, 0.2) is 64.4 Å². The van der Waals surface area contributed by atoms with E-state index in [-0.39, 0.29) is 11.5 Å². The summed E-state index contributed by atoms with van der Waals surface area (Å²) in [4.78, 5) is 38.5. The van der Waals surface area contributed by atoms with Crippen LogP contribution >= 0.6 is 0 Å². The summed E-state index contributed by atoms with van der Waals surface area (Å²) in [5, 5.41) is 15.1. The third-order valence-electron chi connectivity index (χ3n) is 3.66. The predicted molar refractivity (Wildman–Crippen MR) is 101 cm³/mol. The molecule has 1 amide bonds. The first-order chi connectivity index (χ1) is 13.9. The number of benzene rings is 1. The van der Waals surface area contributed by atoms with Gasteiger partial charge in [-0.05, 0) is 43.3 Å². The molecule has 0 spiro atoms. The minimum Gasteiger partial charge on any atom is -0.457 e. The number of hydrogen-bond donors (Lipinski definition) is 1. The highest BCUT2D eigenvalue weighted by molar-refractivity contribution is 5.94. The molecule has 3 rings (SSSR count). The lowest BCUT2D eigenvalue weighted by Crippen LogP contribution is -2.17. The van der Waals surface area contributed by atoms with Crippen molar-refractivity contribution in [1.82, 2.24) is 10.4 Å². The van der Waals surface area contributed by atoms with Gasteiger partial charge in [0.15, 0.2) is 0 Å². The summed E-state index contributed by atoms with van der Waals surface area (Å²) in [6, 6.07) is 10.0. The van der Waals surface area contributed by atoms with Crippen molar-refractivity contribution in [1.29, 1.82) is 0 Å². The lowest BCUT2D eigenvalue weighted by atomic mass is 10.2. The molecule has 0 bridgehead atoms. The average Bonchev–Trinajstić information content (AvgIpc) is 3.24. The van der Waals surface area contributed by atoms with E-state index >= 15 is 0 Å². The van der Waals surface area contributed by atoms with Gasteiger partial charge in [-0.2, -0.15) is 5.10 Å². The number of ether oxygens (including phenoxy) is 1. The van der Waals surface area contributed by atoms with Gasteiger partial charge < -0.3 is 9.15 Å². The molecule has 10 nitrogen and oxygen atoms in total. The van der Waals surface area contributed by atoms with Crippen LogP contribution in [0.4, 0.5) is 5.69 Å². The Labute approximate surface area is 164 Å². The summed E-state index contributed by atoms with van der Waals surface area (Å²) in [6.07, 6.45) is 3.92. The van der Waals surface area contributed by atoms with Crippen molar-refractivity contribution in [3.63, 3.8) is 0 Å². The molecule has 0 radical (unpaired) electrons. The third kappa shape index (κ3) is 4.89. The van der Waals surface area contributed by atoms with Crippen LogP contribution in [0.5, 0.6) is 5.75 Å². The first-order valence-electron chi connectivity index (χ1n) is 8.24. The van der Waals surface area contributed by atoms with Gasteiger partial charge in [-0.15, -0.1) is 0 Å². The van der Waals surface area contributed by atoms with Crippen molar-refractivity contribution in [3.8, 4) is 5.75 Å². The van der Waals surface area contributed by atoms with E-state index in [4.69, 9.17) is 9.15 Å². The molecule has 0 unspecified atom stereocenters. The first kappa shape index (κ1) is 19.4. The number of aromatic nitrogens is 1. The minimum atomic E-state index is -0.863. The summed E-state index contributed by atoms with van der Waals surface area (Å²) in [5.74, 6) is -1.67. The number of hydrogen-bond acceptors (Lipinski definition) is 8. The minimum absolute atomic E-state index is 0.0850. The third-order valence-corrected chi connectivity index (χ3v) is 3.66. The molecule has 2 aromatic heterocycles. The standard InChI is InChI=1S/C19H14N4O6/c1-12-4-6-14(11-20-12)18(24)22-21-10-13-5-7-16(15(9-13)23(26)27)29-19(25)17-3-2-8-28-17/h2-11H,1H3,(H,22,24)/b21-10+. The summed E-state index contributed by atoms with van der Waals surface area (Å²) in [7, 11) is 0. The Balaban J connectivity index is 1.71. The number of rotatable bonds is 6. The van der Waals surface area contributed by atoms with Gasteiger partial charge in [0.2, 0.25) is 11.5 Å². The molecule has 146 valence electrons. The van der Waals surface area contributed by atoms with Crippen LogP contribution in [0.25, 0.3) is 0 Å². The Morgan fingerprint density at radius 3 is 2.76 bits per heavy atom. The van der Waals surface area contributed by atoms with Crippen LogP contribution in [0.1, 0.15) is 32.2 Å². The van der Waals surface area contributed by atoms with E-state index in [1.54, 1.807) is 19.1 Å². The molecule has 0 aliphatic heterocycles. The summed E-state index contributed by atoms with van der Waals surface area (Å²) < 4.78 is 9.92. The molecule has 0 saturated heterocycles. The zero-order valence-electron chi connectivity index (χ0n) is 15.1. The molecule has 0 aliphatic carbocycles. The predicted octanol–water partition coefficient (Wildman–Crippen LogP) is 2.87. The van der Waals surface area contributed by atoms with Crippen molar-refractivity contribution in [2.24, 2.45) is 5.10 Å². The lowest BCUT2D eigenvalue weighted by Gasteiger charge is -2.04. The quantitative estimate of drug-likeness (QED) is 0.223. The lowest BCUT2D eigenvalue weighted by molar-refractivity contribution is -0.385. The molecular weight excluding hydrogens is 380 g/mol. The van der Waals surface area contributed by atoms with E-state index in [2.05, 4.69) is 15.5 Å². The topological polar surface area (TPSA) is 137 Å². The molecule has 3 aromatic rings. The van der Waals surface area contributed by atoms with Crippen LogP contribution in [-0.4, -0.2) is 28.0 Å². The fourth-order valence-corrected chi connectivity index (χ4v) is 2.22. The summed E-state index contributed by atoms with van der Waals surface area (Å²) in [5.41, 5.74) is 3.27. The number of esters is 1. The number of nitro groups is 1. The van der Waals surface area contributed by atoms with Gasteiger partial charge in [-0.25, -0.2) is 10.2 Å². The Morgan fingerprint density at radius 1 is 1.28 bits per heavy atom. The fraction of sp³-hybridized carbons (Fsp3) is 0.0526. The van der Waals surface area contributed by atoms with Gasteiger partial charge in [-0.3, -0.25) is 19.9 Å². The van der Waals surface area contributed by atoms with Gasteiger partial charge in [0.05, 0.1) is 23.0 Å². The second-order valence-corrected chi connectivity index (χ2v) is 5.74. The Hall–Kier alpha value is -4.34. The van der Waals surface area contributed by atoms with Gasteiger partial charge in [0.1, 0.15) is 0 Å². The van der Waals surface area contributed by atoms with Gasteiger partial charge in [0.25, 0.3) is 5.91 Å². The molecule has 0 aliphatic rings. The van der Waals surface area contributed by atoms with Crippen LogP contribution < -0.4 is 10.2 Å². The zero-order chi connectivity index (χ0) is 20.8. The Kier molecular flexibility index (Phi) is 5.74. The molecule has 1 N–H and O–H groups in total. The van der Waals surface area contributed by atoms with E-state index in [0.717, 1.165) is 11.8 Å². The molecule has 10 heteroatoms. The molecule has 0 atom stereocenters. The fourth-order valence-electron chi connectivity index (χ4n) is 2.22. The molecule has 29 heavy (non-hydrogen) atoms. The monoisotopic (exact) mass is 394 g/mol. The van der Waals surface area contributed by atoms with Crippen LogP contribution in [0, 0.1) is 17.0 Å². The summed E-state index contributed by atoms with van der Waals surface area (Å²) >= 11 is 0. The van der Waals surface area contributed by atoms with E-state index in [1.807, 2.05) is 0 Å². The molecule has 1 aromatic carbocycles. The maximum atomic E-state index is 12.0. The number of aryl methyl sites for hydroxylation is 1. The normalized spacial score (nSPS) is 10.7. The van der Waals surface area contributed by atoms with Crippen molar-refractivity contribution in [2.45, 2.75) is 6.92 Å². The number of furan rings is 1. The number of nitro benzene ring substituents is 1. The maximum absolute atomic E-state index is 12.0. The van der Waals surface area contributed by atoms with Crippen LogP contribution in [0.3, 0.4) is 0 Å². The Morgan fingerprint density at radius 2 is 2.10 bits per heavy atom. The van der Waals surface area contributed by atoms with Crippen molar-refractivity contribution >= 4 is 23.8 Å². The number of nitrogens with zero attached hydrogens (tertiary/aromatic N) is 3. The smallest absolute Gasteiger partial charge is 0.379 e. The number of amides is 1. The average molecular weight is 394 g/mol. The Bertz CT molecular complexity index is 1070. The number of carbonyl (C=O) groups excluding carboxylic acids is 2. The number of hydrazone groups is 1. The van der Waals surface area contributed by atoms with E-state index in [1.165, 1.54) is 42.9 Å². The van der Waals surface area contributed by atoms with E-state index in [9.17, 15) is 19.7 Å². The zero-order valence-corrected chi connectivity index (χ0v) is 15.1. The van der Waals surface area contributed by atoms with Gasteiger partial charge in [0, 0.05) is 23.5 Å². The van der Waals surface area contributed by atoms with Gasteiger partial charge in [-0.1, -0.05) is 0 Å². The van der Waals surface area contributed by atoms with Crippen molar-refractivity contribution in [2.75, 3.05) is 0 Å². The molecular formula is C19H14N4O6. The second-order valence-electron chi connectivity index (χ2n) is 5.74. The van der Waals surface area contributed by atoms with Gasteiger partial charge >= 0.3 is 11.7 Å². The summed E-state index contributed by atoms with van der Waals surface area (Å²) in [6.45, 7) is 1.79. The highest BCUT2D eigenvalue weighted by Gasteiger charge is 2.20. The number of nitrogens with one attached hydrogen (secondary N) is 1. The highest BCUT2D eigenvalue weighted by atomic mass is 16.6. The van der Waals surface area contributed by atoms with Crippen molar-refractivity contribution < 1.29 is 23.7 Å². The van der Waals surface area contributed by atoms with Crippen LogP contribution in [0.2, 0.25) is 0 Å². The van der Waals surface area contributed by atoms with E-state index in [0.29, 0.717) is 11.1 Å². The van der Waals surface area contributed by atoms with Crippen LogP contribution in [-0.2, 0) is 0 Å². The van der Waals surface area contributed by atoms with Crippen molar-refractivity contribution in [3.05, 3.63) is 87.6 Å². The highest BCUT2D eigenvalue weighted by Crippen LogP contribution is 2.28. The second kappa shape index (κ2) is 8.57. The van der Waals surface area contributed by atoms with E-state index < -0.39 is 22.5 Å².